The van der Waals surface area contributed by atoms with E-state index in [1.807, 2.05) is 36.4 Å². The van der Waals surface area contributed by atoms with Gasteiger partial charge in [-0.2, -0.15) is 0 Å². The number of carboxylic acids is 1. The van der Waals surface area contributed by atoms with Gasteiger partial charge in [0, 0.05) is 18.4 Å². The van der Waals surface area contributed by atoms with E-state index in [1.165, 1.54) is 0 Å². The first-order valence-corrected chi connectivity index (χ1v) is 11.0. The lowest BCUT2D eigenvalue weighted by atomic mass is 9.92. The van der Waals surface area contributed by atoms with Crippen molar-refractivity contribution in [1.82, 2.24) is 10.6 Å². The number of carboxylic acid groups (broad SMARTS) is 1. The van der Waals surface area contributed by atoms with Crippen LogP contribution < -0.4 is 10.6 Å². The molecule has 0 spiro atoms. The zero-order chi connectivity index (χ0) is 23.3. The third kappa shape index (κ3) is 4.77. The lowest BCUT2D eigenvalue weighted by Crippen LogP contribution is -2.54. The number of aliphatic carboxylic acids is 1. The third-order valence-electron chi connectivity index (χ3n) is 6.19. The number of hydrogen-bond acceptors (Lipinski definition) is 4. The molecule has 7 nitrogen and oxygen atoms in total. The highest BCUT2D eigenvalue weighted by atomic mass is 16.5. The number of benzene rings is 2. The highest BCUT2D eigenvalue weighted by molar-refractivity contribution is 5.87. The first kappa shape index (κ1) is 23.3. The van der Waals surface area contributed by atoms with E-state index in [0.29, 0.717) is 0 Å². The molecular formula is C25H30N2O5. The fourth-order valence-electron chi connectivity index (χ4n) is 4.27. The third-order valence-corrected chi connectivity index (χ3v) is 6.19. The Morgan fingerprint density at radius 3 is 2.03 bits per heavy atom. The van der Waals surface area contributed by atoms with E-state index in [4.69, 9.17) is 4.74 Å². The fraction of sp³-hybridized carbons (Fsp3) is 0.400. The summed E-state index contributed by atoms with van der Waals surface area (Å²) >= 11 is 0. The van der Waals surface area contributed by atoms with E-state index >= 15 is 0 Å². The number of carbonyl (C=O) groups is 3. The first-order chi connectivity index (χ1) is 15.3. The number of carbonyl (C=O) groups excluding carboxylic acids is 2. The van der Waals surface area contributed by atoms with Crippen LogP contribution in [0.25, 0.3) is 11.1 Å². The molecule has 32 heavy (non-hydrogen) atoms. The van der Waals surface area contributed by atoms with Gasteiger partial charge in [0.1, 0.15) is 12.1 Å². The average Bonchev–Trinajstić information content (AvgIpc) is 3.09. The van der Waals surface area contributed by atoms with Gasteiger partial charge >= 0.3 is 12.1 Å². The van der Waals surface area contributed by atoms with Crippen LogP contribution in [0, 0.1) is 0 Å². The van der Waals surface area contributed by atoms with Crippen LogP contribution in [0.4, 0.5) is 4.79 Å². The SMILES string of the molecule is CCC(CC)(NC(=O)CC(C)NC(=O)OCC1c2ccccc2-c2ccccc21)C(=O)O. The lowest BCUT2D eigenvalue weighted by molar-refractivity contribution is -0.148. The second-order valence-corrected chi connectivity index (χ2v) is 8.22. The summed E-state index contributed by atoms with van der Waals surface area (Å²) in [5.74, 6) is -1.53. The van der Waals surface area contributed by atoms with Crippen molar-refractivity contribution in [3.05, 3.63) is 59.7 Å². The molecule has 0 bridgehead atoms. The standard InChI is InChI=1S/C25H30N2O5/c1-4-25(5-2,23(29)30)27-22(28)14-16(3)26-24(31)32-15-21-19-12-8-6-10-17(19)18-11-7-9-13-20(18)21/h6-13,16,21H,4-5,14-15H2,1-3H3,(H,26,31)(H,27,28)(H,29,30). The Morgan fingerprint density at radius 1 is 1.00 bits per heavy atom. The lowest BCUT2D eigenvalue weighted by Gasteiger charge is -2.28. The molecule has 1 atom stereocenters. The second kappa shape index (κ2) is 9.85. The fourth-order valence-corrected chi connectivity index (χ4v) is 4.27. The molecule has 3 rings (SSSR count). The van der Waals surface area contributed by atoms with Gasteiger partial charge in [-0.05, 0) is 42.0 Å². The molecule has 3 N–H and O–H groups in total. The van der Waals surface area contributed by atoms with Crippen molar-refractivity contribution in [2.75, 3.05) is 6.61 Å². The highest BCUT2D eigenvalue weighted by Gasteiger charge is 2.36. The van der Waals surface area contributed by atoms with Crippen LogP contribution in [-0.2, 0) is 14.3 Å². The maximum atomic E-state index is 12.4. The van der Waals surface area contributed by atoms with Crippen LogP contribution in [0.5, 0.6) is 0 Å². The molecule has 0 saturated carbocycles. The molecule has 0 radical (unpaired) electrons. The van der Waals surface area contributed by atoms with Crippen molar-refractivity contribution in [2.45, 2.75) is 57.5 Å². The summed E-state index contributed by atoms with van der Waals surface area (Å²) < 4.78 is 5.50. The number of nitrogens with one attached hydrogen (secondary N) is 2. The van der Waals surface area contributed by atoms with Gasteiger partial charge in [0.15, 0.2) is 0 Å². The molecule has 170 valence electrons. The summed E-state index contributed by atoms with van der Waals surface area (Å²) in [4.78, 5) is 36.3. The van der Waals surface area contributed by atoms with Crippen LogP contribution in [-0.4, -0.2) is 41.3 Å². The van der Waals surface area contributed by atoms with E-state index in [9.17, 15) is 19.5 Å². The summed E-state index contributed by atoms with van der Waals surface area (Å²) in [5.41, 5.74) is 3.25. The predicted molar refractivity (Wildman–Crippen MR) is 121 cm³/mol. The summed E-state index contributed by atoms with van der Waals surface area (Å²) in [6.07, 6.45) is -0.0980. The predicted octanol–water partition coefficient (Wildman–Crippen LogP) is 4.06. The van der Waals surface area contributed by atoms with Gasteiger partial charge in [0.2, 0.25) is 5.91 Å². The number of ether oxygens (including phenoxy) is 1. The molecule has 0 saturated heterocycles. The second-order valence-electron chi connectivity index (χ2n) is 8.22. The van der Waals surface area contributed by atoms with Crippen LogP contribution in [0.1, 0.15) is 57.1 Å². The Balaban J connectivity index is 1.55. The minimum Gasteiger partial charge on any atom is -0.480 e. The van der Waals surface area contributed by atoms with Crippen LogP contribution >= 0.6 is 0 Å². The van der Waals surface area contributed by atoms with E-state index in [2.05, 4.69) is 22.8 Å². The Kier molecular flexibility index (Phi) is 7.18. The quantitative estimate of drug-likeness (QED) is 0.548. The molecule has 1 aliphatic rings. The average molecular weight is 439 g/mol. The van der Waals surface area contributed by atoms with Crippen LogP contribution in [0.3, 0.4) is 0 Å². The van der Waals surface area contributed by atoms with E-state index in [0.717, 1.165) is 22.3 Å². The molecule has 1 unspecified atom stereocenters. The van der Waals surface area contributed by atoms with E-state index in [-0.39, 0.29) is 31.8 Å². The zero-order valence-corrected chi connectivity index (χ0v) is 18.7. The molecule has 2 amide bonds. The number of hydrogen-bond donors (Lipinski definition) is 3. The van der Waals surface area contributed by atoms with Crippen LogP contribution in [0.2, 0.25) is 0 Å². The first-order valence-electron chi connectivity index (χ1n) is 11.0. The van der Waals surface area contributed by atoms with Gasteiger partial charge in [0.25, 0.3) is 0 Å². The molecule has 2 aromatic rings. The molecular weight excluding hydrogens is 408 g/mol. The Labute approximate surface area is 188 Å². The number of amides is 2. The molecule has 0 aliphatic heterocycles. The Bertz CT molecular complexity index is 954. The largest absolute Gasteiger partial charge is 0.480 e. The van der Waals surface area contributed by atoms with Crippen LogP contribution in [0.15, 0.2) is 48.5 Å². The summed E-state index contributed by atoms with van der Waals surface area (Å²) in [6.45, 7) is 5.31. The van der Waals surface area contributed by atoms with E-state index in [1.54, 1.807) is 20.8 Å². The van der Waals surface area contributed by atoms with E-state index < -0.39 is 29.6 Å². The Morgan fingerprint density at radius 2 is 1.53 bits per heavy atom. The molecule has 2 aromatic carbocycles. The summed E-state index contributed by atoms with van der Waals surface area (Å²) in [7, 11) is 0. The normalized spacial score (nSPS) is 13.6. The molecule has 7 heteroatoms. The van der Waals surface area contributed by atoms with Crippen molar-refractivity contribution < 1.29 is 24.2 Å². The monoisotopic (exact) mass is 438 g/mol. The van der Waals surface area contributed by atoms with Crippen molar-refractivity contribution in [1.29, 1.82) is 0 Å². The van der Waals surface area contributed by atoms with Gasteiger partial charge in [-0.1, -0.05) is 62.4 Å². The Hall–Kier alpha value is -3.35. The number of alkyl carbamates (subject to hydrolysis) is 1. The molecule has 0 heterocycles. The number of rotatable bonds is 9. The molecule has 0 fully saturated rings. The van der Waals surface area contributed by atoms with Gasteiger partial charge in [0.05, 0.1) is 0 Å². The topological polar surface area (TPSA) is 105 Å². The smallest absolute Gasteiger partial charge is 0.407 e. The van der Waals surface area contributed by atoms with Gasteiger partial charge in [-0.15, -0.1) is 0 Å². The van der Waals surface area contributed by atoms with Crippen molar-refractivity contribution >= 4 is 18.0 Å². The van der Waals surface area contributed by atoms with Gasteiger partial charge < -0.3 is 20.5 Å². The zero-order valence-electron chi connectivity index (χ0n) is 18.7. The summed E-state index contributed by atoms with van der Waals surface area (Å²) in [5, 5.41) is 14.7. The summed E-state index contributed by atoms with van der Waals surface area (Å²) in [6, 6.07) is 15.7. The molecule has 1 aliphatic carbocycles. The minimum atomic E-state index is -1.29. The van der Waals surface area contributed by atoms with Gasteiger partial charge in [-0.3, -0.25) is 4.79 Å². The van der Waals surface area contributed by atoms with Crippen molar-refractivity contribution in [3.8, 4) is 11.1 Å². The van der Waals surface area contributed by atoms with Crippen molar-refractivity contribution in [2.24, 2.45) is 0 Å². The molecule has 0 aromatic heterocycles. The maximum Gasteiger partial charge on any atom is 0.407 e. The highest BCUT2D eigenvalue weighted by Crippen LogP contribution is 2.44. The number of fused-ring (bicyclic) bond motifs is 3. The van der Waals surface area contributed by atoms with Gasteiger partial charge in [-0.25, -0.2) is 9.59 Å². The minimum absolute atomic E-state index is 0.0424. The van der Waals surface area contributed by atoms with Crippen molar-refractivity contribution in [3.63, 3.8) is 0 Å². The maximum absolute atomic E-state index is 12.4.